The van der Waals surface area contributed by atoms with Gasteiger partial charge >= 0.3 is 17.9 Å². The lowest BCUT2D eigenvalue weighted by Crippen LogP contribution is -2.27. The molecule has 0 aliphatic rings. The number of nitrogens with zero attached hydrogens (tertiary/aromatic N) is 2. The minimum Gasteiger partial charge on any atom is -0.492 e. The van der Waals surface area contributed by atoms with E-state index >= 15 is 0 Å². The molecule has 0 spiro atoms. The van der Waals surface area contributed by atoms with Gasteiger partial charge in [-0.2, -0.15) is 5.10 Å². The molecule has 0 radical (unpaired) electrons. The van der Waals surface area contributed by atoms with Crippen LogP contribution in [0.4, 0.5) is 0 Å². The maximum Gasteiger partial charge on any atom is 0.364 e. The van der Waals surface area contributed by atoms with Crippen molar-refractivity contribution in [2.24, 2.45) is 0 Å². The predicted octanol–water partition coefficient (Wildman–Crippen LogP) is 2.11. The van der Waals surface area contributed by atoms with Gasteiger partial charge in [-0.15, -0.1) is 0 Å². The van der Waals surface area contributed by atoms with Crippen LogP contribution < -0.4 is 15.0 Å². The monoisotopic (exact) mass is 452 g/mol. The number of para-hydroxylation sites is 1. The standard InChI is InChI=1S/C23H20N2O8/c1-30-21(27)15-12-16(22(28)31-2)14-18(13-15)33-23(29)19-8-9-20(26)25(24-19)10-11-32-17-6-4-3-5-7-17/h3-9,12-14H,10-11H2,1-2H3. The highest BCUT2D eigenvalue weighted by atomic mass is 16.5. The molecule has 0 saturated carbocycles. The van der Waals surface area contributed by atoms with Crippen LogP contribution in [0.5, 0.6) is 11.5 Å². The fourth-order valence-corrected chi connectivity index (χ4v) is 2.77. The summed E-state index contributed by atoms with van der Waals surface area (Å²) in [5.41, 5.74) is -0.611. The minimum absolute atomic E-state index is 0.0146. The first-order valence-corrected chi connectivity index (χ1v) is 9.71. The van der Waals surface area contributed by atoms with Gasteiger partial charge in [-0.25, -0.2) is 19.1 Å². The van der Waals surface area contributed by atoms with Gasteiger partial charge in [0.2, 0.25) is 0 Å². The number of benzene rings is 2. The van der Waals surface area contributed by atoms with Gasteiger partial charge in [-0.3, -0.25) is 4.79 Å². The third kappa shape index (κ3) is 6.03. The number of carbonyl (C=O) groups is 3. The topological polar surface area (TPSA) is 123 Å². The van der Waals surface area contributed by atoms with Crippen molar-refractivity contribution in [2.45, 2.75) is 6.54 Å². The van der Waals surface area contributed by atoms with Crippen molar-refractivity contribution in [1.29, 1.82) is 0 Å². The Labute approximate surface area is 188 Å². The maximum absolute atomic E-state index is 12.6. The van der Waals surface area contributed by atoms with Crippen molar-refractivity contribution in [3.05, 3.63) is 87.8 Å². The molecule has 3 aromatic rings. The molecule has 1 heterocycles. The highest BCUT2D eigenvalue weighted by Crippen LogP contribution is 2.20. The summed E-state index contributed by atoms with van der Waals surface area (Å²) in [6.45, 7) is 0.248. The fraction of sp³-hybridized carbons (Fsp3) is 0.174. The van der Waals surface area contributed by atoms with E-state index in [2.05, 4.69) is 14.6 Å². The van der Waals surface area contributed by atoms with Gasteiger partial charge in [0, 0.05) is 6.07 Å². The molecule has 0 unspecified atom stereocenters. The molecule has 0 atom stereocenters. The zero-order valence-corrected chi connectivity index (χ0v) is 17.8. The minimum atomic E-state index is -0.898. The second-order valence-corrected chi connectivity index (χ2v) is 6.56. The Hall–Kier alpha value is -4.47. The number of hydrogen-bond acceptors (Lipinski definition) is 9. The largest absolute Gasteiger partial charge is 0.492 e. The molecule has 33 heavy (non-hydrogen) atoms. The summed E-state index contributed by atoms with van der Waals surface area (Å²) in [4.78, 5) is 48.5. The van der Waals surface area contributed by atoms with Gasteiger partial charge < -0.3 is 18.9 Å². The van der Waals surface area contributed by atoms with Crippen LogP contribution in [0.2, 0.25) is 0 Å². The van der Waals surface area contributed by atoms with Crippen LogP contribution in [0.3, 0.4) is 0 Å². The van der Waals surface area contributed by atoms with E-state index in [1.54, 1.807) is 12.1 Å². The average molecular weight is 452 g/mol. The lowest BCUT2D eigenvalue weighted by molar-refractivity contribution is 0.0593. The van der Waals surface area contributed by atoms with Gasteiger partial charge in [0.15, 0.2) is 5.69 Å². The van der Waals surface area contributed by atoms with Crippen LogP contribution in [-0.4, -0.2) is 48.5 Å². The van der Waals surface area contributed by atoms with Gasteiger partial charge in [-0.05, 0) is 36.4 Å². The van der Waals surface area contributed by atoms with Crippen molar-refractivity contribution in [3.63, 3.8) is 0 Å². The molecular weight excluding hydrogens is 432 g/mol. The number of aromatic nitrogens is 2. The molecule has 10 heteroatoms. The van der Waals surface area contributed by atoms with E-state index in [0.717, 1.165) is 4.68 Å². The fourth-order valence-electron chi connectivity index (χ4n) is 2.77. The van der Waals surface area contributed by atoms with Crippen LogP contribution in [-0.2, 0) is 16.0 Å². The number of rotatable bonds is 8. The molecule has 0 saturated heterocycles. The Kier molecular flexibility index (Phi) is 7.53. The van der Waals surface area contributed by atoms with E-state index in [0.29, 0.717) is 5.75 Å². The van der Waals surface area contributed by atoms with Crippen molar-refractivity contribution in [3.8, 4) is 11.5 Å². The molecule has 0 fully saturated rings. The maximum atomic E-state index is 12.6. The lowest BCUT2D eigenvalue weighted by Gasteiger charge is -2.10. The Morgan fingerprint density at radius 1 is 0.818 bits per heavy atom. The summed E-state index contributed by atoms with van der Waals surface area (Å²) in [7, 11) is 2.35. The van der Waals surface area contributed by atoms with E-state index in [1.807, 2.05) is 18.2 Å². The normalized spacial score (nSPS) is 10.2. The summed E-state index contributed by atoms with van der Waals surface area (Å²) in [6.07, 6.45) is 0. The highest BCUT2D eigenvalue weighted by Gasteiger charge is 2.18. The first kappa shape index (κ1) is 23.2. The molecule has 10 nitrogen and oxygen atoms in total. The van der Waals surface area contributed by atoms with Gasteiger partial charge in [0.1, 0.15) is 18.1 Å². The van der Waals surface area contributed by atoms with E-state index in [1.165, 1.54) is 44.6 Å². The Morgan fingerprint density at radius 3 is 2.06 bits per heavy atom. The summed E-state index contributed by atoms with van der Waals surface area (Å²) in [5, 5.41) is 4.01. The Morgan fingerprint density at radius 2 is 1.45 bits per heavy atom. The first-order chi connectivity index (χ1) is 15.9. The van der Waals surface area contributed by atoms with Crippen molar-refractivity contribution < 1.29 is 33.3 Å². The van der Waals surface area contributed by atoms with Crippen molar-refractivity contribution >= 4 is 17.9 Å². The third-order valence-electron chi connectivity index (χ3n) is 4.35. The summed E-state index contributed by atoms with van der Waals surface area (Å²) in [6, 6.07) is 15.1. The summed E-state index contributed by atoms with van der Waals surface area (Å²) in [5.74, 6) is -1.83. The smallest absolute Gasteiger partial charge is 0.364 e. The van der Waals surface area contributed by atoms with E-state index in [4.69, 9.17) is 9.47 Å². The molecule has 3 rings (SSSR count). The van der Waals surface area contributed by atoms with E-state index in [9.17, 15) is 19.2 Å². The molecule has 1 aromatic heterocycles. The summed E-state index contributed by atoms with van der Waals surface area (Å²) >= 11 is 0. The molecule has 2 aromatic carbocycles. The number of methoxy groups -OCH3 is 2. The molecule has 0 bridgehead atoms. The van der Waals surface area contributed by atoms with Gasteiger partial charge in [0.25, 0.3) is 5.56 Å². The average Bonchev–Trinajstić information content (AvgIpc) is 2.84. The quantitative estimate of drug-likeness (QED) is 0.373. The molecule has 0 aliphatic heterocycles. The van der Waals surface area contributed by atoms with Crippen LogP contribution in [0, 0.1) is 0 Å². The van der Waals surface area contributed by atoms with E-state index < -0.39 is 23.5 Å². The SMILES string of the molecule is COC(=O)c1cc(OC(=O)c2ccc(=O)n(CCOc3ccccc3)n2)cc(C(=O)OC)c1. The molecule has 0 aliphatic carbocycles. The third-order valence-corrected chi connectivity index (χ3v) is 4.35. The molecule has 0 N–H and O–H groups in total. The second kappa shape index (κ2) is 10.7. The number of esters is 3. The molecule has 170 valence electrons. The molecular formula is C23H20N2O8. The lowest BCUT2D eigenvalue weighted by atomic mass is 10.1. The van der Waals surface area contributed by atoms with Crippen LogP contribution in [0.1, 0.15) is 31.2 Å². The van der Waals surface area contributed by atoms with E-state index in [-0.39, 0.29) is 35.7 Å². The first-order valence-electron chi connectivity index (χ1n) is 9.71. The second-order valence-electron chi connectivity index (χ2n) is 6.56. The number of hydrogen-bond donors (Lipinski definition) is 0. The van der Waals surface area contributed by atoms with Crippen LogP contribution >= 0.6 is 0 Å². The van der Waals surface area contributed by atoms with Gasteiger partial charge in [0.05, 0.1) is 31.9 Å². The zero-order chi connectivity index (χ0) is 23.8. The van der Waals surface area contributed by atoms with Crippen LogP contribution in [0.25, 0.3) is 0 Å². The van der Waals surface area contributed by atoms with Gasteiger partial charge in [-0.1, -0.05) is 18.2 Å². The number of ether oxygens (including phenoxy) is 4. The van der Waals surface area contributed by atoms with Crippen LogP contribution in [0.15, 0.2) is 65.5 Å². The van der Waals surface area contributed by atoms with Crippen molar-refractivity contribution in [1.82, 2.24) is 9.78 Å². The van der Waals surface area contributed by atoms with Crippen molar-refractivity contribution in [2.75, 3.05) is 20.8 Å². The Bertz CT molecular complexity index is 1190. The zero-order valence-electron chi connectivity index (χ0n) is 17.8. The molecule has 0 amide bonds. The highest BCUT2D eigenvalue weighted by molar-refractivity contribution is 5.96. The predicted molar refractivity (Wildman–Crippen MR) is 115 cm³/mol. The Balaban J connectivity index is 1.77. The number of carbonyl (C=O) groups excluding carboxylic acids is 3. The summed E-state index contributed by atoms with van der Waals surface area (Å²) < 4.78 is 21.2.